The molecule has 1 amide bonds. The molecule has 1 aromatic carbocycles. The van der Waals surface area contributed by atoms with Gasteiger partial charge in [0, 0.05) is 18.6 Å². The van der Waals surface area contributed by atoms with Gasteiger partial charge in [-0.25, -0.2) is 4.39 Å². The van der Waals surface area contributed by atoms with Gasteiger partial charge in [-0.3, -0.25) is 4.79 Å². The maximum atomic E-state index is 13.4. The number of nitrogens with one attached hydrogen (secondary N) is 1. The van der Waals surface area contributed by atoms with Gasteiger partial charge in [-0.2, -0.15) is 0 Å². The lowest BCUT2D eigenvalue weighted by Crippen LogP contribution is -2.45. The van der Waals surface area contributed by atoms with Crippen molar-refractivity contribution in [2.45, 2.75) is 31.7 Å². The number of benzene rings is 1. The third-order valence-corrected chi connectivity index (χ3v) is 5.05. The molecule has 2 bridgehead atoms. The molecule has 5 heteroatoms. The van der Waals surface area contributed by atoms with E-state index >= 15 is 0 Å². The first-order valence-electron chi connectivity index (χ1n) is 7.96. The summed E-state index contributed by atoms with van der Waals surface area (Å²) in [5.41, 5.74) is 0. The van der Waals surface area contributed by atoms with Crippen LogP contribution in [0.5, 0.6) is 5.75 Å². The smallest absolute Gasteiger partial charge is 0.223 e. The monoisotopic (exact) mass is 307 g/mol. The topological polar surface area (TPSA) is 58.6 Å². The second-order valence-electron chi connectivity index (χ2n) is 6.30. The summed E-state index contributed by atoms with van der Waals surface area (Å²) in [6, 6.07) is 6.25. The standard InChI is InChI=1S/C17H22FNO3/c18-14-3-1-2-4-15(14)22-8-7-16(21)19-17-12-6-5-11(9-12)13(17)10-20/h1-4,11-13,17,20H,5-10H2,(H,19,21). The van der Waals surface area contributed by atoms with E-state index in [0.717, 1.165) is 12.8 Å². The van der Waals surface area contributed by atoms with E-state index in [1.165, 1.54) is 12.5 Å². The number of aliphatic hydroxyl groups excluding tert-OH is 1. The molecule has 22 heavy (non-hydrogen) atoms. The van der Waals surface area contributed by atoms with Gasteiger partial charge in [0.15, 0.2) is 11.6 Å². The minimum absolute atomic E-state index is 0.0877. The van der Waals surface area contributed by atoms with Crippen LogP contribution in [0.3, 0.4) is 0 Å². The van der Waals surface area contributed by atoms with Crippen LogP contribution in [0.25, 0.3) is 0 Å². The van der Waals surface area contributed by atoms with E-state index < -0.39 is 5.82 Å². The van der Waals surface area contributed by atoms with Crippen molar-refractivity contribution in [2.75, 3.05) is 13.2 Å². The number of hydrogen-bond acceptors (Lipinski definition) is 3. The second-order valence-corrected chi connectivity index (χ2v) is 6.30. The number of aliphatic hydroxyl groups is 1. The summed E-state index contributed by atoms with van der Waals surface area (Å²) >= 11 is 0. The van der Waals surface area contributed by atoms with Crippen LogP contribution in [0.4, 0.5) is 4.39 Å². The maximum Gasteiger partial charge on any atom is 0.223 e. The average molecular weight is 307 g/mol. The van der Waals surface area contributed by atoms with Gasteiger partial charge in [0.25, 0.3) is 0 Å². The first kappa shape index (κ1) is 15.3. The van der Waals surface area contributed by atoms with Crippen LogP contribution < -0.4 is 10.1 Å². The minimum atomic E-state index is -0.420. The molecule has 2 saturated carbocycles. The number of hydrogen-bond donors (Lipinski definition) is 2. The van der Waals surface area contributed by atoms with Gasteiger partial charge in [0.05, 0.1) is 13.0 Å². The molecule has 3 rings (SSSR count). The highest BCUT2D eigenvalue weighted by atomic mass is 19.1. The van der Waals surface area contributed by atoms with Gasteiger partial charge in [0.2, 0.25) is 5.91 Å². The summed E-state index contributed by atoms with van der Waals surface area (Å²) in [5.74, 6) is 0.899. The summed E-state index contributed by atoms with van der Waals surface area (Å²) in [6.45, 7) is 0.287. The lowest BCUT2D eigenvalue weighted by atomic mass is 9.85. The third kappa shape index (κ3) is 3.09. The van der Waals surface area contributed by atoms with E-state index in [-0.39, 0.29) is 43.3 Å². The summed E-state index contributed by atoms with van der Waals surface area (Å²) in [6.07, 6.45) is 3.61. The molecule has 4 unspecified atom stereocenters. The van der Waals surface area contributed by atoms with Crippen LogP contribution in [0.15, 0.2) is 24.3 Å². The molecular weight excluding hydrogens is 285 g/mol. The fourth-order valence-electron chi connectivity index (χ4n) is 3.97. The number of fused-ring (bicyclic) bond motifs is 2. The van der Waals surface area contributed by atoms with Crippen molar-refractivity contribution in [1.82, 2.24) is 5.32 Å². The van der Waals surface area contributed by atoms with Crippen LogP contribution in [0.2, 0.25) is 0 Å². The van der Waals surface area contributed by atoms with Gasteiger partial charge in [-0.1, -0.05) is 12.1 Å². The zero-order valence-electron chi connectivity index (χ0n) is 12.5. The van der Waals surface area contributed by atoms with Crippen molar-refractivity contribution in [3.63, 3.8) is 0 Å². The Balaban J connectivity index is 1.46. The van der Waals surface area contributed by atoms with Gasteiger partial charge in [0.1, 0.15) is 0 Å². The number of amides is 1. The van der Waals surface area contributed by atoms with Crippen molar-refractivity contribution in [2.24, 2.45) is 17.8 Å². The Bertz CT molecular complexity index is 536. The Morgan fingerprint density at radius 1 is 1.32 bits per heavy atom. The Labute approximate surface area is 129 Å². The molecule has 0 radical (unpaired) electrons. The van der Waals surface area contributed by atoms with Crippen molar-refractivity contribution in [1.29, 1.82) is 0 Å². The number of ether oxygens (including phenoxy) is 1. The van der Waals surface area contributed by atoms with Gasteiger partial charge >= 0.3 is 0 Å². The molecule has 0 heterocycles. The fourth-order valence-corrected chi connectivity index (χ4v) is 3.97. The Kier molecular flexibility index (Phi) is 4.62. The highest BCUT2D eigenvalue weighted by molar-refractivity contribution is 5.76. The molecule has 2 aliphatic rings. The Hall–Kier alpha value is -1.62. The molecule has 2 fully saturated rings. The van der Waals surface area contributed by atoms with Crippen molar-refractivity contribution < 1.29 is 19.0 Å². The Morgan fingerprint density at radius 3 is 2.86 bits per heavy atom. The van der Waals surface area contributed by atoms with E-state index in [4.69, 9.17) is 4.74 Å². The van der Waals surface area contributed by atoms with Gasteiger partial charge in [-0.05, 0) is 43.2 Å². The number of halogens is 1. The molecule has 1 aromatic rings. The molecule has 0 aromatic heterocycles. The summed E-state index contributed by atoms with van der Waals surface area (Å²) < 4.78 is 18.7. The van der Waals surface area contributed by atoms with E-state index in [1.807, 2.05) is 0 Å². The number of rotatable bonds is 6. The number of para-hydroxylation sites is 1. The largest absolute Gasteiger partial charge is 0.490 e. The third-order valence-electron chi connectivity index (χ3n) is 5.05. The molecule has 0 saturated heterocycles. The quantitative estimate of drug-likeness (QED) is 0.846. The summed E-state index contributed by atoms with van der Waals surface area (Å²) in [4.78, 5) is 12.0. The van der Waals surface area contributed by atoms with Crippen LogP contribution in [-0.4, -0.2) is 30.3 Å². The lowest BCUT2D eigenvalue weighted by Gasteiger charge is -2.30. The second kappa shape index (κ2) is 6.65. The maximum absolute atomic E-state index is 13.4. The van der Waals surface area contributed by atoms with Crippen molar-refractivity contribution >= 4 is 5.91 Å². The zero-order valence-corrected chi connectivity index (χ0v) is 12.5. The first-order valence-corrected chi connectivity index (χ1v) is 7.96. The Morgan fingerprint density at radius 2 is 2.09 bits per heavy atom. The first-order chi connectivity index (χ1) is 10.7. The summed E-state index contributed by atoms with van der Waals surface area (Å²) in [7, 11) is 0. The molecule has 120 valence electrons. The molecular formula is C17H22FNO3. The number of carbonyl (C=O) groups is 1. The van der Waals surface area contributed by atoms with E-state index in [1.54, 1.807) is 18.2 Å². The van der Waals surface area contributed by atoms with E-state index in [9.17, 15) is 14.3 Å². The molecule has 4 nitrogen and oxygen atoms in total. The molecule has 2 aliphatic carbocycles. The minimum Gasteiger partial charge on any atom is -0.490 e. The molecule has 0 aliphatic heterocycles. The number of carbonyl (C=O) groups excluding carboxylic acids is 1. The van der Waals surface area contributed by atoms with Gasteiger partial charge in [-0.15, -0.1) is 0 Å². The highest BCUT2D eigenvalue weighted by Gasteiger charge is 2.47. The fraction of sp³-hybridized carbons (Fsp3) is 0.588. The predicted molar refractivity (Wildman–Crippen MR) is 79.8 cm³/mol. The highest BCUT2D eigenvalue weighted by Crippen LogP contribution is 2.48. The SMILES string of the molecule is O=C(CCOc1ccccc1F)NC1C2CCC(C2)C1CO. The van der Waals surface area contributed by atoms with E-state index in [0.29, 0.717) is 11.8 Å². The zero-order chi connectivity index (χ0) is 15.5. The predicted octanol–water partition coefficient (Wildman–Crippen LogP) is 2.12. The van der Waals surface area contributed by atoms with Gasteiger partial charge < -0.3 is 15.2 Å². The van der Waals surface area contributed by atoms with Crippen LogP contribution in [0, 0.1) is 23.6 Å². The molecule has 2 N–H and O–H groups in total. The normalized spacial score (nSPS) is 29.5. The molecule has 4 atom stereocenters. The van der Waals surface area contributed by atoms with E-state index in [2.05, 4.69) is 5.32 Å². The van der Waals surface area contributed by atoms with Crippen LogP contribution >= 0.6 is 0 Å². The molecule has 0 spiro atoms. The van der Waals surface area contributed by atoms with Crippen LogP contribution in [-0.2, 0) is 4.79 Å². The lowest BCUT2D eigenvalue weighted by molar-refractivity contribution is -0.123. The van der Waals surface area contributed by atoms with Crippen LogP contribution in [0.1, 0.15) is 25.7 Å². The summed E-state index contributed by atoms with van der Waals surface area (Å²) in [5, 5.41) is 12.5. The van der Waals surface area contributed by atoms with Crippen molar-refractivity contribution in [3.8, 4) is 5.75 Å². The average Bonchev–Trinajstić information content (AvgIpc) is 3.10. The van der Waals surface area contributed by atoms with Crippen molar-refractivity contribution in [3.05, 3.63) is 30.1 Å².